The van der Waals surface area contributed by atoms with E-state index < -0.39 is 29.1 Å². The summed E-state index contributed by atoms with van der Waals surface area (Å²) in [6.07, 6.45) is 0.501. The summed E-state index contributed by atoms with van der Waals surface area (Å²) in [5.74, 6) is -2.10. The van der Waals surface area contributed by atoms with Gasteiger partial charge in [-0.3, -0.25) is 10.1 Å². The molecule has 0 bridgehead atoms. The first-order valence-electron chi connectivity index (χ1n) is 12.0. The number of thiophene rings is 2. The van der Waals surface area contributed by atoms with E-state index in [2.05, 4.69) is 9.69 Å². The molecule has 39 heavy (non-hydrogen) atoms. The molecular weight excluding hydrogens is 563 g/mol. The molecule has 2 N–H and O–H groups in total. The summed E-state index contributed by atoms with van der Waals surface area (Å²) in [6, 6.07) is 15.1. The Balaban J connectivity index is 1.25. The van der Waals surface area contributed by atoms with Crippen LogP contribution in [0.25, 0.3) is 30.3 Å². The number of hydrogen-bond acceptors (Lipinski definition) is 7. The number of fused-ring (bicyclic) bond motifs is 1. The van der Waals surface area contributed by atoms with Crippen LogP contribution in [-0.4, -0.2) is 21.5 Å². The van der Waals surface area contributed by atoms with E-state index in [0.29, 0.717) is 23.4 Å². The predicted molar refractivity (Wildman–Crippen MR) is 150 cm³/mol. The average Bonchev–Trinajstić information content (AvgIpc) is 3.33. The summed E-state index contributed by atoms with van der Waals surface area (Å²) in [4.78, 5) is 25.7. The number of halogens is 2. The predicted octanol–water partition coefficient (Wildman–Crippen LogP) is 8.20. The maximum absolute atomic E-state index is 15.4. The van der Waals surface area contributed by atoms with Crippen molar-refractivity contribution in [3.8, 4) is 20.9 Å². The van der Waals surface area contributed by atoms with Gasteiger partial charge in [0.2, 0.25) is 0 Å². The molecule has 0 aliphatic heterocycles. The number of ether oxygens (including phenoxy) is 1. The summed E-state index contributed by atoms with van der Waals surface area (Å²) in [7, 11) is 0. The summed E-state index contributed by atoms with van der Waals surface area (Å²) in [6.45, 7) is 1.73. The van der Waals surface area contributed by atoms with Gasteiger partial charge in [-0.2, -0.15) is 4.37 Å². The van der Waals surface area contributed by atoms with Gasteiger partial charge in [0.1, 0.15) is 23.7 Å². The Morgan fingerprint density at radius 3 is 2.41 bits per heavy atom. The van der Waals surface area contributed by atoms with Crippen molar-refractivity contribution in [1.29, 1.82) is 0 Å². The van der Waals surface area contributed by atoms with Crippen molar-refractivity contribution >= 4 is 61.4 Å². The minimum Gasteiger partial charge on any atom is -0.481 e. The molecule has 3 aromatic heterocycles. The van der Waals surface area contributed by atoms with Gasteiger partial charge in [0, 0.05) is 30.3 Å². The topological polar surface area (TPSA) is 88.5 Å². The van der Waals surface area contributed by atoms with Crippen LogP contribution >= 0.6 is 34.2 Å². The van der Waals surface area contributed by atoms with E-state index in [9.17, 15) is 14.7 Å². The van der Waals surface area contributed by atoms with Gasteiger partial charge >= 0.3 is 12.1 Å². The van der Waals surface area contributed by atoms with Crippen LogP contribution in [0, 0.1) is 18.6 Å². The van der Waals surface area contributed by atoms with Crippen molar-refractivity contribution in [2.75, 3.05) is 5.32 Å². The van der Waals surface area contributed by atoms with Crippen LogP contribution in [0.2, 0.25) is 0 Å². The second-order valence-electron chi connectivity index (χ2n) is 9.31. The molecule has 6 nitrogen and oxygen atoms in total. The smallest absolute Gasteiger partial charge is 0.412 e. The highest BCUT2D eigenvalue weighted by molar-refractivity contribution is 7.29. The lowest BCUT2D eigenvalue weighted by atomic mass is 10.1. The molecular formula is C28H20F2N2O4S3. The standard InChI is InChI=1S/C28H20F2N2O4S3/c1-14-24(31-27(35)36-13-15-5-3-2-4-6-15)25(39-32-14)17-10-18(29)16(9-19(17)30)20-11-21-22(37-20)12-23(38-21)28(7-8-28)26(33)34/h2-6,9-12H,7-8,13H2,1H3,(H,31,35)(H,33,34). The zero-order chi connectivity index (χ0) is 27.3. The lowest BCUT2D eigenvalue weighted by molar-refractivity contribution is -0.139. The molecule has 11 heteroatoms. The number of anilines is 1. The summed E-state index contributed by atoms with van der Waals surface area (Å²) in [5, 5.41) is 12.2. The van der Waals surface area contributed by atoms with Gasteiger partial charge in [0.05, 0.1) is 16.3 Å². The molecule has 198 valence electrons. The van der Waals surface area contributed by atoms with Crippen molar-refractivity contribution in [2.45, 2.75) is 31.8 Å². The zero-order valence-corrected chi connectivity index (χ0v) is 22.9. The number of aryl methyl sites for hydroxylation is 1. The Labute approximate surface area is 233 Å². The van der Waals surface area contributed by atoms with Crippen LogP contribution < -0.4 is 5.32 Å². The van der Waals surface area contributed by atoms with Crippen molar-refractivity contribution in [2.24, 2.45) is 0 Å². The zero-order valence-electron chi connectivity index (χ0n) is 20.4. The van der Waals surface area contributed by atoms with Gasteiger partial charge in [0.15, 0.2) is 0 Å². The first-order valence-corrected chi connectivity index (χ1v) is 14.4. The number of carbonyl (C=O) groups excluding carboxylic acids is 1. The lowest BCUT2D eigenvalue weighted by Gasteiger charge is -2.10. The highest BCUT2D eigenvalue weighted by Gasteiger charge is 2.53. The number of rotatable bonds is 7. The normalized spacial score (nSPS) is 13.9. The number of carboxylic acid groups (broad SMARTS) is 1. The SMILES string of the molecule is Cc1nsc(-c2cc(F)c(-c3cc4sc(C5(C(=O)O)CC5)cc4s3)cc2F)c1NC(=O)OCc1ccccc1. The summed E-state index contributed by atoms with van der Waals surface area (Å²) >= 11 is 3.64. The van der Waals surface area contributed by atoms with Gasteiger partial charge in [-0.1, -0.05) is 30.3 Å². The Kier molecular flexibility index (Phi) is 6.44. The van der Waals surface area contributed by atoms with Crippen LogP contribution in [0.15, 0.2) is 54.6 Å². The second-order valence-corrected chi connectivity index (χ2v) is 12.2. The van der Waals surface area contributed by atoms with Crippen molar-refractivity contribution < 1.29 is 28.2 Å². The minimum absolute atomic E-state index is 0.0157. The Bertz CT molecular complexity index is 1710. The molecule has 5 aromatic rings. The van der Waals surface area contributed by atoms with E-state index in [0.717, 1.165) is 43.5 Å². The molecule has 2 aromatic carbocycles. The van der Waals surface area contributed by atoms with Crippen molar-refractivity contribution in [1.82, 2.24) is 4.37 Å². The largest absolute Gasteiger partial charge is 0.481 e. The Morgan fingerprint density at radius 2 is 1.72 bits per heavy atom. The highest BCUT2D eigenvalue weighted by atomic mass is 32.1. The first-order chi connectivity index (χ1) is 18.7. The molecule has 1 aliphatic carbocycles. The number of nitrogens with zero attached hydrogens (tertiary/aromatic N) is 1. The van der Waals surface area contributed by atoms with Gasteiger partial charge < -0.3 is 9.84 Å². The van der Waals surface area contributed by atoms with Crippen molar-refractivity contribution in [3.05, 3.63) is 82.4 Å². The van der Waals surface area contributed by atoms with E-state index >= 15 is 8.78 Å². The second kappa shape index (κ2) is 9.82. The van der Waals surface area contributed by atoms with E-state index in [4.69, 9.17) is 4.74 Å². The molecule has 0 spiro atoms. The first kappa shape index (κ1) is 25.6. The third-order valence-electron chi connectivity index (χ3n) is 6.71. The molecule has 6 rings (SSSR count). The number of carboxylic acids is 1. The number of hydrogen-bond donors (Lipinski definition) is 2. The third kappa shape index (κ3) is 4.70. The molecule has 0 saturated heterocycles. The van der Waals surface area contributed by atoms with Crippen LogP contribution in [0.5, 0.6) is 0 Å². The molecule has 0 radical (unpaired) electrons. The lowest BCUT2D eigenvalue weighted by Crippen LogP contribution is -2.17. The number of aliphatic carboxylic acids is 1. The van der Waals surface area contributed by atoms with Crippen LogP contribution in [0.4, 0.5) is 19.3 Å². The number of aromatic nitrogens is 1. The maximum atomic E-state index is 15.4. The number of nitrogens with one attached hydrogen (secondary N) is 1. The van der Waals surface area contributed by atoms with Gasteiger partial charge in [-0.15, -0.1) is 22.7 Å². The minimum atomic E-state index is -0.822. The molecule has 0 unspecified atom stereocenters. The molecule has 1 fully saturated rings. The molecule has 3 heterocycles. The maximum Gasteiger partial charge on any atom is 0.412 e. The van der Waals surface area contributed by atoms with Gasteiger partial charge in [0.25, 0.3) is 0 Å². The Morgan fingerprint density at radius 1 is 1.03 bits per heavy atom. The molecule has 1 amide bonds. The van der Waals surface area contributed by atoms with Crippen LogP contribution in [-0.2, 0) is 21.6 Å². The quantitative estimate of drug-likeness (QED) is 0.202. The van der Waals surface area contributed by atoms with E-state index in [1.807, 2.05) is 36.4 Å². The number of carbonyl (C=O) groups is 2. The number of amides is 1. The van der Waals surface area contributed by atoms with E-state index in [-0.39, 0.29) is 28.3 Å². The molecule has 1 saturated carbocycles. The van der Waals surface area contributed by atoms with Crippen LogP contribution in [0.1, 0.15) is 29.0 Å². The summed E-state index contributed by atoms with van der Waals surface area (Å²) in [5.41, 5.74) is 0.840. The fourth-order valence-electron chi connectivity index (χ4n) is 4.37. The fraction of sp³-hybridized carbons (Fsp3) is 0.179. The third-order valence-corrected chi connectivity index (χ3v) is 10.2. The van der Waals surface area contributed by atoms with Crippen molar-refractivity contribution in [3.63, 3.8) is 0 Å². The van der Waals surface area contributed by atoms with Gasteiger partial charge in [-0.05, 0) is 61.1 Å². The highest BCUT2D eigenvalue weighted by Crippen LogP contribution is 2.53. The molecule has 1 aliphatic rings. The fourth-order valence-corrected chi connectivity index (χ4v) is 7.88. The van der Waals surface area contributed by atoms with Gasteiger partial charge in [-0.25, -0.2) is 13.6 Å². The Hall–Kier alpha value is -3.67. The monoisotopic (exact) mass is 582 g/mol. The number of benzene rings is 2. The molecule has 0 atom stereocenters. The van der Waals surface area contributed by atoms with Crippen LogP contribution in [0.3, 0.4) is 0 Å². The van der Waals surface area contributed by atoms with E-state index in [1.54, 1.807) is 13.0 Å². The summed E-state index contributed by atoms with van der Waals surface area (Å²) < 4.78 is 42.0. The average molecular weight is 583 g/mol. The van der Waals surface area contributed by atoms with E-state index in [1.165, 1.54) is 22.7 Å².